The van der Waals surface area contributed by atoms with Gasteiger partial charge in [0, 0.05) is 32.6 Å². The Morgan fingerprint density at radius 2 is 1.56 bits per heavy atom. The molecule has 0 saturated carbocycles. The molecule has 1 aliphatic rings. The van der Waals surface area contributed by atoms with Gasteiger partial charge in [0.25, 0.3) is 0 Å². The van der Waals surface area contributed by atoms with Crippen molar-refractivity contribution >= 4 is 33.9 Å². The van der Waals surface area contributed by atoms with E-state index in [-0.39, 0.29) is 37.2 Å². The van der Waals surface area contributed by atoms with E-state index in [1.54, 1.807) is 11.0 Å². The highest BCUT2D eigenvalue weighted by molar-refractivity contribution is 7.89. The SMILES string of the molecule is O=C(CCNC(=O)COC1CCN(C(=O)OCc2ccccc2)CC1)NC[C@H](NS(=O)(=O)c1ccccc1)C(=O)O. The van der Waals surface area contributed by atoms with E-state index in [0.717, 1.165) is 5.56 Å². The first kappa shape index (κ1) is 31.5. The zero-order valence-electron chi connectivity index (χ0n) is 22.4. The Morgan fingerprint density at radius 3 is 2.20 bits per heavy atom. The minimum Gasteiger partial charge on any atom is -0.480 e. The second kappa shape index (κ2) is 15.7. The highest BCUT2D eigenvalue weighted by Crippen LogP contribution is 2.15. The molecule has 41 heavy (non-hydrogen) atoms. The lowest BCUT2D eigenvalue weighted by Gasteiger charge is -2.31. The van der Waals surface area contributed by atoms with Gasteiger partial charge in [0.15, 0.2) is 0 Å². The number of rotatable bonds is 14. The predicted molar refractivity (Wildman–Crippen MR) is 146 cm³/mol. The molecule has 0 bridgehead atoms. The maximum atomic E-state index is 12.4. The summed E-state index contributed by atoms with van der Waals surface area (Å²) in [6.07, 6.45) is 0.359. The van der Waals surface area contributed by atoms with Crippen LogP contribution in [-0.2, 0) is 40.5 Å². The van der Waals surface area contributed by atoms with Crippen LogP contribution in [0.1, 0.15) is 24.8 Å². The van der Waals surface area contributed by atoms with Gasteiger partial charge in [0.2, 0.25) is 21.8 Å². The molecule has 4 N–H and O–H groups in total. The molecule has 0 aromatic heterocycles. The fourth-order valence-electron chi connectivity index (χ4n) is 3.91. The van der Waals surface area contributed by atoms with Crippen LogP contribution in [0.25, 0.3) is 0 Å². The van der Waals surface area contributed by atoms with Gasteiger partial charge in [-0.15, -0.1) is 0 Å². The summed E-state index contributed by atoms with van der Waals surface area (Å²) < 4.78 is 37.7. The van der Waals surface area contributed by atoms with Crippen molar-refractivity contribution in [3.8, 4) is 0 Å². The number of carboxylic acid groups (broad SMARTS) is 1. The number of carboxylic acids is 1. The van der Waals surface area contributed by atoms with Crippen LogP contribution >= 0.6 is 0 Å². The van der Waals surface area contributed by atoms with Crippen LogP contribution in [0.2, 0.25) is 0 Å². The maximum Gasteiger partial charge on any atom is 0.410 e. The van der Waals surface area contributed by atoms with Crippen molar-refractivity contribution in [2.45, 2.75) is 42.9 Å². The molecule has 1 saturated heterocycles. The first-order valence-electron chi connectivity index (χ1n) is 13.0. The number of hydrogen-bond acceptors (Lipinski definition) is 8. The molecule has 1 aliphatic heterocycles. The zero-order valence-corrected chi connectivity index (χ0v) is 23.2. The number of aliphatic carboxylic acids is 1. The number of nitrogens with zero attached hydrogens (tertiary/aromatic N) is 1. The molecular weight excluding hydrogens is 556 g/mol. The Hall–Kier alpha value is -4.01. The van der Waals surface area contributed by atoms with Crippen LogP contribution in [0.4, 0.5) is 4.79 Å². The number of ether oxygens (including phenoxy) is 2. The van der Waals surface area contributed by atoms with Crippen molar-refractivity contribution in [1.29, 1.82) is 0 Å². The van der Waals surface area contributed by atoms with E-state index in [2.05, 4.69) is 15.4 Å². The van der Waals surface area contributed by atoms with Gasteiger partial charge in [-0.05, 0) is 30.5 Å². The Labute approximate surface area is 238 Å². The average molecular weight is 591 g/mol. The summed E-state index contributed by atoms with van der Waals surface area (Å²) in [6, 6.07) is 15.1. The van der Waals surface area contributed by atoms with E-state index < -0.39 is 46.5 Å². The average Bonchev–Trinajstić information content (AvgIpc) is 2.98. The lowest BCUT2D eigenvalue weighted by Crippen LogP contribution is -2.48. The van der Waals surface area contributed by atoms with Crippen molar-refractivity contribution in [3.05, 3.63) is 66.2 Å². The number of carbonyl (C=O) groups is 4. The molecule has 14 heteroatoms. The van der Waals surface area contributed by atoms with Crippen LogP contribution in [0.5, 0.6) is 0 Å². The number of carbonyl (C=O) groups excluding carboxylic acids is 3. The third-order valence-electron chi connectivity index (χ3n) is 6.18. The van der Waals surface area contributed by atoms with Crippen molar-refractivity contribution in [3.63, 3.8) is 0 Å². The molecule has 13 nitrogen and oxygen atoms in total. The number of amides is 3. The number of likely N-dealkylation sites (tertiary alicyclic amines) is 1. The molecule has 0 radical (unpaired) electrons. The van der Waals surface area contributed by atoms with Gasteiger partial charge < -0.3 is 30.1 Å². The lowest BCUT2D eigenvalue weighted by molar-refractivity contribution is -0.139. The lowest BCUT2D eigenvalue weighted by atomic mass is 10.1. The number of benzene rings is 2. The van der Waals surface area contributed by atoms with Crippen LogP contribution in [-0.4, -0.2) is 87.2 Å². The Bertz CT molecular complexity index is 1270. The van der Waals surface area contributed by atoms with Crippen molar-refractivity contribution in [1.82, 2.24) is 20.3 Å². The normalized spacial score (nSPS) is 14.6. The van der Waals surface area contributed by atoms with Gasteiger partial charge >= 0.3 is 12.1 Å². The van der Waals surface area contributed by atoms with Crippen LogP contribution in [0, 0.1) is 0 Å². The van der Waals surface area contributed by atoms with Gasteiger partial charge in [-0.25, -0.2) is 13.2 Å². The van der Waals surface area contributed by atoms with E-state index in [9.17, 15) is 32.7 Å². The summed E-state index contributed by atoms with van der Waals surface area (Å²) in [5.74, 6) is -2.45. The number of sulfonamides is 1. The van der Waals surface area contributed by atoms with Gasteiger partial charge in [-0.1, -0.05) is 48.5 Å². The van der Waals surface area contributed by atoms with Gasteiger partial charge in [-0.3, -0.25) is 14.4 Å². The molecule has 3 amide bonds. The summed E-state index contributed by atoms with van der Waals surface area (Å²) in [5.41, 5.74) is 0.901. The van der Waals surface area contributed by atoms with Crippen LogP contribution in [0.15, 0.2) is 65.6 Å². The first-order valence-corrected chi connectivity index (χ1v) is 14.5. The zero-order chi connectivity index (χ0) is 29.7. The molecule has 1 atom stereocenters. The summed E-state index contributed by atoms with van der Waals surface area (Å²) in [6.45, 7) is 0.370. The second-order valence-corrected chi connectivity index (χ2v) is 11.0. The third kappa shape index (κ3) is 10.8. The molecule has 2 aromatic carbocycles. The number of hydrogen-bond donors (Lipinski definition) is 4. The highest BCUT2D eigenvalue weighted by Gasteiger charge is 2.26. The minimum atomic E-state index is -4.10. The van der Waals surface area contributed by atoms with Gasteiger partial charge in [0.1, 0.15) is 19.3 Å². The van der Waals surface area contributed by atoms with Crippen LogP contribution in [0.3, 0.4) is 0 Å². The Morgan fingerprint density at radius 1 is 0.927 bits per heavy atom. The fourth-order valence-corrected chi connectivity index (χ4v) is 5.12. The van der Waals surface area contributed by atoms with E-state index in [1.807, 2.05) is 30.3 Å². The monoisotopic (exact) mass is 590 g/mol. The molecule has 1 heterocycles. The molecule has 2 aromatic rings. The van der Waals surface area contributed by atoms with E-state index in [4.69, 9.17) is 9.47 Å². The van der Waals surface area contributed by atoms with Gasteiger partial charge in [-0.2, -0.15) is 4.72 Å². The smallest absolute Gasteiger partial charge is 0.410 e. The molecule has 3 rings (SSSR count). The topological polar surface area (TPSA) is 180 Å². The van der Waals surface area contributed by atoms with Crippen molar-refractivity contribution in [2.24, 2.45) is 0 Å². The molecule has 1 fully saturated rings. The predicted octanol–water partition coefficient (Wildman–Crippen LogP) is 0.858. The standard InChI is InChI=1S/C27H34N4O9S/c32-24(29-17-23(26(34)35)30-41(37,38)22-9-5-2-6-10-22)11-14-28-25(33)19-39-21-12-15-31(16-13-21)27(36)40-18-20-7-3-1-4-8-20/h1-10,21,23,30H,11-19H2,(H,28,33)(H,29,32)(H,34,35)/t23-/m0/s1. The number of nitrogens with one attached hydrogen (secondary N) is 3. The summed E-state index contributed by atoms with van der Waals surface area (Å²) in [4.78, 5) is 49.4. The van der Waals surface area contributed by atoms with Crippen molar-refractivity contribution < 1.29 is 42.2 Å². The molecule has 0 spiro atoms. The van der Waals surface area contributed by atoms with E-state index >= 15 is 0 Å². The summed E-state index contributed by atoms with van der Waals surface area (Å²) >= 11 is 0. The van der Waals surface area contributed by atoms with E-state index in [1.165, 1.54) is 24.3 Å². The van der Waals surface area contributed by atoms with Gasteiger partial charge in [0.05, 0.1) is 11.0 Å². The molecule has 0 aliphatic carbocycles. The fraction of sp³-hybridized carbons (Fsp3) is 0.407. The summed E-state index contributed by atoms with van der Waals surface area (Å²) in [5, 5.41) is 14.2. The Balaban J connectivity index is 1.28. The second-order valence-electron chi connectivity index (χ2n) is 9.27. The largest absolute Gasteiger partial charge is 0.480 e. The van der Waals surface area contributed by atoms with Crippen molar-refractivity contribution in [2.75, 3.05) is 32.8 Å². The maximum absolute atomic E-state index is 12.4. The summed E-state index contributed by atoms with van der Waals surface area (Å²) in [7, 11) is -4.10. The molecule has 0 unspecified atom stereocenters. The third-order valence-corrected chi connectivity index (χ3v) is 7.67. The first-order chi connectivity index (χ1) is 19.6. The van der Waals surface area contributed by atoms with E-state index in [0.29, 0.717) is 25.9 Å². The van der Waals surface area contributed by atoms with Crippen LogP contribution < -0.4 is 15.4 Å². The number of piperidine rings is 1. The quantitative estimate of drug-likeness (QED) is 0.248. The Kier molecular flexibility index (Phi) is 12.1. The molecular formula is C27H34N4O9S. The highest BCUT2D eigenvalue weighted by atomic mass is 32.2. The molecule has 222 valence electrons. The minimum absolute atomic E-state index is 0.0206.